The lowest BCUT2D eigenvalue weighted by Crippen LogP contribution is -3.15. The third kappa shape index (κ3) is 4.87. The summed E-state index contributed by atoms with van der Waals surface area (Å²) in [5.74, 6) is 0.833. The predicted molar refractivity (Wildman–Crippen MR) is 98.6 cm³/mol. The molecule has 0 bridgehead atoms. The van der Waals surface area contributed by atoms with Crippen molar-refractivity contribution in [2.45, 2.75) is 13.0 Å². The highest BCUT2D eigenvalue weighted by Crippen LogP contribution is 2.12. The van der Waals surface area contributed by atoms with Crippen molar-refractivity contribution < 1.29 is 14.1 Å². The number of benzene rings is 1. The van der Waals surface area contributed by atoms with Crippen molar-refractivity contribution in [2.75, 3.05) is 44.2 Å². The van der Waals surface area contributed by atoms with Crippen LogP contribution in [0.2, 0.25) is 0 Å². The summed E-state index contributed by atoms with van der Waals surface area (Å²) in [7, 11) is 0. The van der Waals surface area contributed by atoms with Crippen LogP contribution in [-0.4, -0.2) is 50.1 Å². The summed E-state index contributed by atoms with van der Waals surface area (Å²) in [4.78, 5) is 18.1. The Morgan fingerprint density at radius 3 is 2.62 bits per heavy atom. The first-order valence-corrected chi connectivity index (χ1v) is 9.07. The first-order valence-electron chi connectivity index (χ1n) is 9.07. The van der Waals surface area contributed by atoms with E-state index in [1.807, 2.05) is 18.2 Å². The Hall–Kier alpha value is -2.78. The molecule has 1 amide bonds. The van der Waals surface area contributed by atoms with Gasteiger partial charge in [0.25, 0.3) is 5.91 Å². The molecule has 0 saturated carbocycles. The number of para-hydroxylation sites is 1. The first-order chi connectivity index (χ1) is 12.8. The molecule has 0 spiro atoms. The molecule has 1 fully saturated rings. The van der Waals surface area contributed by atoms with Crippen LogP contribution in [-0.2, 0) is 11.3 Å². The summed E-state index contributed by atoms with van der Waals surface area (Å²) in [6, 6.07) is 16.2. The van der Waals surface area contributed by atoms with Crippen molar-refractivity contribution in [3.63, 3.8) is 0 Å². The number of carbonyl (C=O) groups excluding carboxylic acids is 1. The van der Waals surface area contributed by atoms with Gasteiger partial charge in [-0.1, -0.05) is 18.2 Å². The fraction of sp³-hybridized carbons (Fsp3) is 0.400. The Balaban J connectivity index is 1.52. The quantitative estimate of drug-likeness (QED) is 0.804. The molecule has 0 aliphatic carbocycles. The molecule has 0 unspecified atom stereocenters. The number of carbonyl (C=O) groups is 1. The van der Waals surface area contributed by atoms with E-state index in [4.69, 9.17) is 9.68 Å². The highest BCUT2D eigenvalue weighted by Gasteiger charge is 2.25. The predicted octanol–water partition coefficient (Wildman–Crippen LogP) is 0.927. The van der Waals surface area contributed by atoms with Gasteiger partial charge in [-0.2, -0.15) is 5.26 Å². The van der Waals surface area contributed by atoms with E-state index < -0.39 is 0 Å². The summed E-state index contributed by atoms with van der Waals surface area (Å²) in [5.41, 5.74) is 1.24. The minimum absolute atomic E-state index is 0.0832. The molecule has 6 nitrogen and oxygen atoms in total. The highest BCUT2D eigenvalue weighted by atomic mass is 16.3. The zero-order chi connectivity index (χ0) is 18.2. The second kappa shape index (κ2) is 9.07. The standard InChI is InChI=1S/C20H24N4O2/c21-9-5-10-24(16-19-8-4-15-26-19)20(25)17-22-11-13-23(14-12-22)18-6-2-1-3-7-18/h1-4,6-8,15H,5,10-14,16-17H2/p+1. The van der Waals surface area contributed by atoms with E-state index >= 15 is 0 Å². The Morgan fingerprint density at radius 1 is 1.19 bits per heavy atom. The topological polar surface area (TPSA) is 64.9 Å². The van der Waals surface area contributed by atoms with Crippen LogP contribution in [0, 0.1) is 11.3 Å². The number of nitrogens with zero attached hydrogens (tertiary/aromatic N) is 3. The van der Waals surface area contributed by atoms with Crippen molar-refractivity contribution in [3.05, 3.63) is 54.5 Å². The van der Waals surface area contributed by atoms with Crippen molar-refractivity contribution in [1.29, 1.82) is 5.26 Å². The van der Waals surface area contributed by atoms with Gasteiger partial charge in [-0.05, 0) is 24.3 Å². The maximum atomic E-state index is 12.7. The van der Waals surface area contributed by atoms with E-state index in [1.165, 1.54) is 10.6 Å². The third-order valence-corrected chi connectivity index (χ3v) is 4.77. The van der Waals surface area contributed by atoms with E-state index in [0.717, 1.165) is 31.9 Å². The lowest BCUT2D eigenvalue weighted by Gasteiger charge is -2.34. The van der Waals surface area contributed by atoms with E-state index in [2.05, 4.69) is 35.2 Å². The van der Waals surface area contributed by atoms with Crippen molar-refractivity contribution in [1.82, 2.24) is 4.90 Å². The molecule has 136 valence electrons. The molecule has 26 heavy (non-hydrogen) atoms. The molecule has 1 aliphatic rings. The van der Waals surface area contributed by atoms with Crippen LogP contribution in [0.3, 0.4) is 0 Å². The van der Waals surface area contributed by atoms with Crippen LogP contribution in [0.4, 0.5) is 5.69 Å². The lowest BCUT2D eigenvalue weighted by atomic mass is 10.2. The number of quaternary nitrogens is 1. The number of nitrogens with one attached hydrogen (secondary N) is 1. The fourth-order valence-corrected chi connectivity index (χ4v) is 3.29. The van der Waals surface area contributed by atoms with Gasteiger partial charge in [0.2, 0.25) is 0 Å². The zero-order valence-corrected chi connectivity index (χ0v) is 14.9. The number of amides is 1. The summed E-state index contributed by atoms with van der Waals surface area (Å²) < 4.78 is 5.36. The zero-order valence-electron chi connectivity index (χ0n) is 14.9. The number of anilines is 1. The van der Waals surface area contributed by atoms with Crippen LogP contribution in [0.15, 0.2) is 53.1 Å². The van der Waals surface area contributed by atoms with Crippen molar-refractivity contribution >= 4 is 11.6 Å². The lowest BCUT2D eigenvalue weighted by molar-refractivity contribution is -0.892. The van der Waals surface area contributed by atoms with Gasteiger partial charge in [0.15, 0.2) is 6.54 Å². The largest absolute Gasteiger partial charge is 0.467 e. The third-order valence-electron chi connectivity index (χ3n) is 4.77. The summed E-state index contributed by atoms with van der Waals surface area (Å²) >= 11 is 0. The number of rotatable bonds is 7. The fourth-order valence-electron chi connectivity index (χ4n) is 3.29. The summed E-state index contributed by atoms with van der Waals surface area (Å²) in [6.45, 7) is 5.11. The molecule has 1 saturated heterocycles. The number of hydrogen-bond donors (Lipinski definition) is 1. The first kappa shape index (κ1) is 18.0. The van der Waals surface area contributed by atoms with Gasteiger partial charge in [0.1, 0.15) is 5.76 Å². The molecule has 1 N–H and O–H groups in total. The molecular formula is C20H25N4O2+. The van der Waals surface area contributed by atoms with Gasteiger partial charge in [-0.3, -0.25) is 4.79 Å². The minimum Gasteiger partial charge on any atom is -0.467 e. The van der Waals surface area contributed by atoms with Gasteiger partial charge < -0.3 is 19.1 Å². The van der Waals surface area contributed by atoms with Gasteiger partial charge in [-0.25, -0.2) is 0 Å². The van der Waals surface area contributed by atoms with Gasteiger partial charge in [0, 0.05) is 12.2 Å². The minimum atomic E-state index is 0.0832. The van der Waals surface area contributed by atoms with E-state index in [1.54, 1.807) is 11.2 Å². The molecule has 3 rings (SSSR count). The molecule has 2 heterocycles. The molecule has 0 atom stereocenters. The average Bonchev–Trinajstić information content (AvgIpc) is 3.19. The second-order valence-electron chi connectivity index (χ2n) is 6.55. The molecule has 6 heteroatoms. The van der Waals surface area contributed by atoms with E-state index in [9.17, 15) is 4.79 Å². The van der Waals surface area contributed by atoms with Crippen molar-refractivity contribution in [2.24, 2.45) is 0 Å². The molecule has 1 aromatic carbocycles. The van der Waals surface area contributed by atoms with E-state index in [0.29, 0.717) is 26.1 Å². The van der Waals surface area contributed by atoms with E-state index in [-0.39, 0.29) is 5.91 Å². The highest BCUT2D eigenvalue weighted by molar-refractivity contribution is 5.77. The molecule has 0 radical (unpaired) electrons. The Morgan fingerprint density at radius 2 is 1.96 bits per heavy atom. The van der Waals surface area contributed by atoms with Crippen LogP contribution in [0.25, 0.3) is 0 Å². The average molecular weight is 353 g/mol. The normalized spacial score (nSPS) is 14.8. The van der Waals surface area contributed by atoms with Crippen LogP contribution in [0.5, 0.6) is 0 Å². The number of piperazine rings is 1. The molecule has 2 aromatic rings. The maximum Gasteiger partial charge on any atom is 0.278 e. The number of hydrogen-bond acceptors (Lipinski definition) is 4. The van der Waals surface area contributed by atoms with Crippen LogP contribution < -0.4 is 9.80 Å². The second-order valence-corrected chi connectivity index (χ2v) is 6.55. The molecule has 1 aromatic heterocycles. The Kier molecular flexibility index (Phi) is 6.29. The van der Waals surface area contributed by atoms with Crippen molar-refractivity contribution in [3.8, 4) is 6.07 Å². The number of nitriles is 1. The summed E-state index contributed by atoms with van der Waals surface area (Å²) in [5, 5.41) is 8.86. The molecular weight excluding hydrogens is 328 g/mol. The smallest absolute Gasteiger partial charge is 0.278 e. The van der Waals surface area contributed by atoms with Crippen LogP contribution in [0.1, 0.15) is 12.2 Å². The number of furan rings is 1. The van der Waals surface area contributed by atoms with Gasteiger partial charge in [0.05, 0.1) is 51.5 Å². The maximum absolute atomic E-state index is 12.7. The Labute approximate surface area is 154 Å². The molecule has 1 aliphatic heterocycles. The summed E-state index contributed by atoms with van der Waals surface area (Å²) in [6.07, 6.45) is 1.94. The monoisotopic (exact) mass is 353 g/mol. The van der Waals surface area contributed by atoms with Gasteiger partial charge in [-0.15, -0.1) is 0 Å². The Bertz CT molecular complexity index is 716. The SMILES string of the molecule is N#CCCN(Cc1ccco1)C(=O)C[NH+]1CCN(c2ccccc2)CC1. The van der Waals surface area contributed by atoms with Crippen LogP contribution >= 0.6 is 0 Å². The van der Waals surface area contributed by atoms with Gasteiger partial charge >= 0.3 is 0 Å².